The van der Waals surface area contributed by atoms with Crippen LogP contribution in [-0.4, -0.2) is 35.3 Å². The van der Waals surface area contributed by atoms with Crippen LogP contribution in [0.5, 0.6) is 0 Å². The molecule has 1 aliphatic heterocycles. The number of Topliss-reactive ketones (excluding diaryl/α,β-unsaturated/α-hetero) is 1. The number of fused-ring (bicyclic) bond motifs is 2. The molecule has 0 bridgehead atoms. The van der Waals surface area contributed by atoms with Gasteiger partial charge in [0.1, 0.15) is 0 Å². The molecule has 3 nitrogen and oxygen atoms in total. The smallest absolute Gasteiger partial charge is 0.169 e. The maximum atomic E-state index is 12.9. The highest BCUT2D eigenvalue weighted by Crippen LogP contribution is 2.37. The van der Waals surface area contributed by atoms with Crippen molar-refractivity contribution in [3.05, 3.63) is 35.2 Å². The molecule has 3 heteroatoms. The second-order valence-corrected chi connectivity index (χ2v) is 6.21. The minimum absolute atomic E-state index is 0.191. The highest BCUT2D eigenvalue weighted by Gasteiger charge is 2.41. The number of carbonyl (C=O) groups is 1. The molecule has 0 unspecified atom stereocenters. The summed E-state index contributed by atoms with van der Waals surface area (Å²) >= 11 is 0. The van der Waals surface area contributed by atoms with Crippen LogP contribution >= 0.6 is 0 Å². The van der Waals surface area contributed by atoms with E-state index in [0.717, 1.165) is 44.5 Å². The molecule has 1 fully saturated rings. The molecule has 0 radical (unpaired) electrons. The summed E-state index contributed by atoms with van der Waals surface area (Å²) in [5, 5.41) is 0. The van der Waals surface area contributed by atoms with Gasteiger partial charge >= 0.3 is 0 Å². The predicted molar refractivity (Wildman–Crippen MR) is 81.2 cm³/mol. The number of ketones is 1. The van der Waals surface area contributed by atoms with Crippen LogP contribution in [0.25, 0.3) is 0 Å². The molecule has 108 valence electrons. The zero-order chi connectivity index (χ0) is 14.3. The average Bonchev–Trinajstić information content (AvgIpc) is 2.75. The lowest BCUT2D eigenvalue weighted by atomic mass is 9.72. The third-order valence-corrected chi connectivity index (χ3v) is 5.02. The molecule has 0 aromatic carbocycles. The Morgan fingerprint density at radius 2 is 2.30 bits per heavy atom. The van der Waals surface area contributed by atoms with Gasteiger partial charge in [0.05, 0.1) is 0 Å². The molecule has 1 N–H and O–H groups in total. The van der Waals surface area contributed by atoms with Crippen molar-refractivity contribution in [3.8, 4) is 0 Å². The predicted octanol–water partition coefficient (Wildman–Crippen LogP) is 2.75. The molecule has 0 amide bonds. The fourth-order valence-corrected chi connectivity index (χ4v) is 4.03. The van der Waals surface area contributed by atoms with Gasteiger partial charge in [-0.15, -0.1) is 6.58 Å². The molecule has 0 spiro atoms. The quantitative estimate of drug-likeness (QED) is 0.859. The van der Waals surface area contributed by atoms with Gasteiger partial charge in [0.15, 0.2) is 5.78 Å². The van der Waals surface area contributed by atoms with Crippen LogP contribution in [-0.2, 0) is 12.8 Å². The van der Waals surface area contributed by atoms with Gasteiger partial charge in [-0.2, -0.15) is 0 Å². The van der Waals surface area contributed by atoms with Gasteiger partial charge in [0, 0.05) is 36.0 Å². The summed E-state index contributed by atoms with van der Waals surface area (Å²) in [7, 11) is 0. The number of aromatic amines is 1. The van der Waals surface area contributed by atoms with E-state index in [1.807, 2.05) is 6.08 Å². The van der Waals surface area contributed by atoms with E-state index >= 15 is 0 Å². The minimum Gasteiger partial charge on any atom is -0.362 e. The standard InChI is InChI=1S/C17H24N2O/c1-4-7-19-8-6-12-9-15-16(17(20)14(12)10-19)13(5-2)11(3)18-15/h4,12,14,18H,1,5-10H2,2-3H3/t12-,14+/m0/s1. The van der Waals surface area contributed by atoms with Crippen LogP contribution in [0.1, 0.15) is 40.7 Å². The molecule has 20 heavy (non-hydrogen) atoms. The largest absolute Gasteiger partial charge is 0.362 e. The number of piperidine rings is 1. The Morgan fingerprint density at radius 3 is 3.00 bits per heavy atom. The first kappa shape index (κ1) is 13.6. The van der Waals surface area contributed by atoms with Gasteiger partial charge in [-0.05, 0) is 44.2 Å². The van der Waals surface area contributed by atoms with Crippen LogP contribution < -0.4 is 0 Å². The van der Waals surface area contributed by atoms with Gasteiger partial charge in [0.2, 0.25) is 0 Å². The summed E-state index contributed by atoms with van der Waals surface area (Å²) in [6, 6.07) is 0. The zero-order valence-corrected chi connectivity index (χ0v) is 12.5. The van der Waals surface area contributed by atoms with E-state index in [0.29, 0.717) is 11.7 Å². The fourth-order valence-electron chi connectivity index (χ4n) is 4.03. The number of aromatic nitrogens is 1. The Bertz CT molecular complexity index is 543. The molecule has 0 saturated carbocycles. The zero-order valence-electron chi connectivity index (χ0n) is 12.5. The normalized spacial score (nSPS) is 26.2. The van der Waals surface area contributed by atoms with E-state index in [2.05, 4.69) is 30.3 Å². The number of likely N-dealkylation sites (tertiary alicyclic amines) is 1. The molecular weight excluding hydrogens is 248 g/mol. The summed E-state index contributed by atoms with van der Waals surface area (Å²) in [5.74, 6) is 1.10. The summed E-state index contributed by atoms with van der Waals surface area (Å²) < 4.78 is 0. The average molecular weight is 272 g/mol. The van der Waals surface area contributed by atoms with Gasteiger partial charge in [-0.1, -0.05) is 13.0 Å². The highest BCUT2D eigenvalue weighted by molar-refractivity contribution is 6.02. The first-order valence-electron chi connectivity index (χ1n) is 7.73. The van der Waals surface area contributed by atoms with E-state index in [4.69, 9.17) is 0 Å². The van der Waals surface area contributed by atoms with Gasteiger partial charge in [-0.25, -0.2) is 0 Å². The second-order valence-electron chi connectivity index (χ2n) is 6.21. The number of H-pyrrole nitrogens is 1. The first-order chi connectivity index (χ1) is 9.65. The van der Waals surface area contributed by atoms with E-state index < -0.39 is 0 Å². The third-order valence-electron chi connectivity index (χ3n) is 5.02. The van der Waals surface area contributed by atoms with Crippen LogP contribution in [0, 0.1) is 18.8 Å². The summed E-state index contributed by atoms with van der Waals surface area (Å²) in [4.78, 5) is 18.7. The SMILES string of the molecule is C=CCN1CC[C@H]2Cc3[nH]c(C)c(CC)c3C(=O)[C@@H]2C1. The number of rotatable bonds is 3. The maximum Gasteiger partial charge on any atom is 0.169 e. The molecule has 3 rings (SSSR count). The number of aryl methyl sites for hydroxylation is 1. The fraction of sp³-hybridized carbons (Fsp3) is 0.588. The Labute approximate surface area is 121 Å². The molecule has 2 aliphatic rings. The van der Waals surface area contributed by atoms with Crippen molar-refractivity contribution < 1.29 is 4.79 Å². The number of hydrogen-bond donors (Lipinski definition) is 1. The van der Waals surface area contributed by atoms with Crippen molar-refractivity contribution >= 4 is 5.78 Å². The van der Waals surface area contributed by atoms with Crippen molar-refractivity contribution in [2.45, 2.75) is 33.1 Å². The number of nitrogens with one attached hydrogen (secondary N) is 1. The Hall–Kier alpha value is -1.35. The molecule has 1 aromatic rings. The Balaban J connectivity index is 1.92. The monoisotopic (exact) mass is 272 g/mol. The lowest BCUT2D eigenvalue weighted by molar-refractivity contribution is 0.0682. The van der Waals surface area contributed by atoms with E-state index in [1.165, 1.54) is 17.0 Å². The van der Waals surface area contributed by atoms with Crippen LogP contribution in [0.2, 0.25) is 0 Å². The number of hydrogen-bond acceptors (Lipinski definition) is 2. The topological polar surface area (TPSA) is 36.1 Å². The Kier molecular flexibility index (Phi) is 3.55. The molecule has 1 aliphatic carbocycles. The van der Waals surface area contributed by atoms with Crippen molar-refractivity contribution in [2.75, 3.05) is 19.6 Å². The van der Waals surface area contributed by atoms with E-state index in [-0.39, 0.29) is 5.92 Å². The number of nitrogens with zero attached hydrogens (tertiary/aromatic N) is 1. The third kappa shape index (κ3) is 2.05. The summed E-state index contributed by atoms with van der Waals surface area (Å²) in [5.41, 5.74) is 4.64. The Morgan fingerprint density at radius 1 is 1.50 bits per heavy atom. The molecule has 1 saturated heterocycles. The van der Waals surface area contributed by atoms with Crippen molar-refractivity contribution in [1.29, 1.82) is 0 Å². The highest BCUT2D eigenvalue weighted by atomic mass is 16.1. The van der Waals surface area contributed by atoms with Gasteiger partial charge < -0.3 is 4.98 Å². The van der Waals surface area contributed by atoms with Crippen molar-refractivity contribution in [2.24, 2.45) is 11.8 Å². The van der Waals surface area contributed by atoms with Crippen molar-refractivity contribution in [3.63, 3.8) is 0 Å². The lowest BCUT2D eigenvalue weighted by Crippen LogP contribution is -2.46. The number of carbonyl (C=O) groups excluding carboxylic acids is 1. The summed E-state index contributed by atoms with van der Waals surface area (Å²) in [6.07, 6.45) is 5.06. The van der Waals surface area contributed by atoms with Gasteiger partial charge in [0.25, 0.3) is 0 Å². The van der Waals surface area contributed by atoms with Crippen molar-refractivity contribution in [1.82, 2.24) is 9.88 Å². The molecule has 2 heterocycles. The second kappa shape index (κ2) is 5.21. The van der Waals surface area contributed by atoms with E-state index in [1.54, 1.807) is 0 Å². The van der Waals surface area contributed by atoms with Crippen LogP contribution in [0.3, 0.4) is 0 Å². The van der Waals surface area contributed by atoms with Gasteiger partial charge in [-0.3, -0.25) is 9.69 Å². The van der Waals surface area contributed by atoms with Crippen LogP contribution in [0.4, 0.5) is 0 Å². The van der Waals surface area contributed by atoms with E-state index in [9.17, 15) is 4.79 Å². The lowest BCUT2D eigenvalue weighted by Gasteiger charge is -2.40. The minimum atomic E-state index is 0.191. The summed E-state index contributed by atoms with van der Waals surface area (Å²) in [6.45, 7) is 10.9. The first-order valence-corrected chi connectivity index (χ1v) is 7.73. The van der Waals surface area contributed by atoms with Crippen LogP contribution in [0.15, 0.2) is 12.7 Å². The maximum absolute atomic E-state index is 12.9. The molecule has 2 atom stereocenters. The molecule has 1 aromatic heterocycles. The molecular formula is C17H24N2O.